The van der Waals surface area contributed by atoms with Crippen LogP contribution in [0.4, 0.5) is 19.0 Å². The summed E-state index contributed by atoms with van der Waals surface area (Å²) < 4.78 is 37.9. The molecule has 2 fully saturated rings. The van der Waals surface area contributed by atoms with E-state index in [1.807, 2.05) is 12.3 Å². The third kappa shape index (κ3) is 4.43. The molecule has 1 saturated heterocycles. The summed E-state index contributed by atoms with van der Waals surface area (Å²) in [5.41, 5.74) is -0.0309. The van der Waals surface area contributed by atoms with Crippen molar-refractivity contribution in [1.29, 1.82) is 0 Å². The van der Waals surface area contributed by atoms with Gasteiger partial charge < -0.3 is 4.90 Å². The molecule has 0 bridgehead atoms. The van der Waals surface area contributed by atoms with Gasteiger partial charge in [0.05, 0.1) is 0 Å². The van der Waals surface area contributed by atoms with Gasteiger partial charge in [0.1, 0.15) is 17.3 Å². The average molecular weight is 391 g/mol. The molecule has 2 aromatic heterocycles. The van der Waals surface area contributed by atoms with Crippen LogP contribution in [0.2, 0.25) is 0 Å². The summed E-state index contributed by atoms with van der Waals surface area (Å²) in [6.45, 7) is 2.42. The summed E-state index contributed by atoms with van der Waals surface area (Å²) in [7, 11) is 2.08. The normalized spacial score (nSPS) is 19.0. The Kier molecular flexibility index (Phi) is 5.23. The highest BCUT2D eigenvalue weighted by Gasteiger charge is 2.32. The number of aromatic nitrogens is 3. The van der Waals surface area contributed by atoms with Crippen molar-refractivity contribution in [3.8, 4) is 0 Å². The minimum Gasteiger partial charge on any atom is -0.356 e. The van der Waals surface area contributed by atoms with Crippen molar-refractivity contribution < 1.29 is 13.2 Å². The predicted molar refractivity (Wildman–Crippen MR) is 99.9 cm³/mol. The second-order valence-corrected chi connectivity index (χ2v) is 7.71. The second kappa shape index (κ2) is 7.66. The first-order valence-electron chi connectivity index (χ1n) is 9.70. The number of rotatable bonds is 5. The van der Waals surface area contributed by atoms with Crippen LogP contribution in [-0.2, 0) is 12.7 Å². The zero-order chi connectivity index (χ0) is 19.7. The zero-order valence-corrected chi connectivity index (χ0v) is 15.9. The summed E-state index contributed by atoms with van der Waals surface area (Å²) >= 11 is 0. The Balaban J connectivity index is 1.31. The Morgan fingerprint density at radius 1 is 1.07 bits per heavy atom. The molecule has 5 nitrogen and oxygen atoms in total. The van der Waals surface area contributed by atoms with Crippen LogP contribution in [0.3, 0.4) is 0 Å². The van der Waals surface area contributed by atoms with Crippen molar-refractivity contribution in [2.45, 2.75) is 50.4 Å². The smallest absolute Gasteiger partial charge is 0.356 e. The van der Waals surface area contributed by atoms with Crippen LogP contribution in [0, 0.1) is 0 Å². The predicted octanol–water partition coefficient (Wildman–Crippen LogP) is 3.87. The number of hydrogen-bond donors (Lipinski definition) is 0. The molecule has 0 spiro atoms. The number of hydrogen-bond acceptors (Lipinski definition) is 5. The van der Waals surface area contributed by atoms with Gasteiger partial charge in [-0.25, -0.2) is 9.97 Å². The fourth-order valence-electron chi connectivity index (χ4n) is 3.69. The maximum absolute atomic E-state index is 12.6. The lowest BCUT2D eigenvalue weighted by Gasteiger charge is -2.37. The first kappa shape index (κ1) is 19.1. The van der Waals surface area contributed by atoms with Crippen molar-refractivity contribution in [2.24, 2.45) is 0 Å². The summed E-state index contributed by atoms with van der Waals surface area (Å²) in [4.78, 5) is 17.2. The van der Waals surface area contributed by atoms with Crippen LogP contribution in [0.5, 0.6) is 0 Å². The van der Waals surface area contributed by atoms with E-state index in [1.165, 1.54) is 25.1 Å². The van der Waals surface area contributed by atoms with Gasteiger partial charge in [-0.1, -0.05) is 6.07 Å². The minimum atomic E-state index is -4.39. The van der Waals surface area contributed by atoms with Gasteiger partial charge in [-0.15, -0.1) is 0 Å². The van der Waals surface area contributed by atoms with E-state index < -0.39 is 11.9 Å². The molecule has 2 aromatic rings. The molecular weight excluding hydrogens is 367 g/mol. The molecule has 0 unspecified atom stereocenters. The van der Waals surface area contributed by atoms with Crippen molar-refractivity contribution >= 4 is 5.82 Å². The van der Waals surface area contributed by atoms with E-state index in [2.05, 4.69) is 26.8 Å². The lowest BCUT2D eigenvalue weighted by atomic mass is 10.0. The highest BCUT2D eigenvalue weighted by Crippen LogP contribution is 2.38. The number of likely N-dealkylation sites (tertiary alicyclic amines) is 1. The largest absolute Gasteiger partial charge is 0.433 e. The van der Waals surface area contributed by atoms with Gasteiger partial charge in [0.2, 0.25) is 0 Å². The lowest BCUT2D eigenvalue weighted by Crippen LogP contribution is -2.43. The maximum atomic E-state index is 12.6. The van der Waals surface area contributed by atoms with E-state index in [9.17, 15) is 13.2 Å². The maximum Gasteiger partial charge on any atom is 0.433 e. The van der Waals surface area contributed by atoms with Gasteiger partial charge >= 0.3 is 6.18 Å². The molecule has 150 valence electrons. The highest BCUT2D eigenvalue weighted by molar-refractivity contribution is 5.38. The van der Waals surface area contributed by atoms with Crippen molar-refractivity contribution in [2.75, 3.05) is 25.0 Å². The fraction of sp³-hybridized carbons (Fsp3) is 0.550. The number of halogens is 3. The quantitative estimate of drug-likeness (QED) is 0.774. The lowest BCUT2D eigenvalue weighted by molar-refractivity contribution is -0.141. The summed E-state index contributed by atoms with van der Waals surface area (Å²) in [6.07, 6.45) is 3.15. The first-order valence-corrected chi connectivity index (χ1v) is 9.70. The molecule has 0 atom stereocenters. The van der Waals surface area contributed by atoms with Crippen LogP contribution in [0.15, 0.2) is 30.6 Å². The van der Waals surface area contributed by atoms with Crippen LogP contribution >= 0.6 is 0 Å². The third-order valence-corrected chi connectivity index (χ3v) is 5.59. The van der Waals surface area contributed by atoms with Gasteiger partial charge in [0, 0.05) is 51.0 Å². The Morgan fingerprint density at radius 3 is 2.43 bits per heavy atom. The van der Waals surface area contributed by atoms with Crippen molar-refractivity contribution in [1.82, 2.24) is 19.9 Å². The van der Waals surface area contributed by atoms with Gasteiger partial charge in [-0.2, -0.15) is 13.2 Å². The summed E-state index contributed by atoms with van der Waals surface area (Å²) in [6, 6.07) is 4.95. The van der Waals surface area contributed by atoms with Crippen molar-refractivity contribution in [3.63, 3.8) is 0 Å². The van der Waals surface area contributed by atoms with E-state index >= 15 is 0 Å². The van der Waals surface area contributed by atoms with Crippen molar-refractivity contribution in [3.05, 3.63) is 47.7 Å². The molecule has 1 aliphatic carbocycles. The van der Waals surface area contributed by atoms with Gasteiger partial charge in [-0.05, 0) is 43.4 Å². The van der Waals surface area contributed by atoms with E-state index in [-0.39, 0.29) is 0 Å². The topological polar surface area (TPSA) is 45.2 Å². The number of anilines is 1. The van der Waals surface area contributed by atoms with Gasteiger partial charge in [0.25, 0.3) is 0 Å². The van der Waals surface area contributed by atoms with Gasteiger partial charge in [-0.3, -0.25) is 9.88 Å². The Bertz CT molecular complexity index is 796. The SMILES string of the molecule is CN(c1ccnc(C2CC2)n1)C1CCN(Cc2ccc(C(F)(F)F)nc2)CC1. The minimum absolute atomic E-state index is 0.406. The molecule has 4 rings (SSSR count). The average Bonchev–Trinajstić information content (AvgIpc) is 3.53. The molecule has 3 heterocycles. The molecule has 0 aromatic carbocycles. The Hall–Kier alpha value is -2.22. The van der Waals surface area contributed by atoms with Crippen LogP contribution in [0.25, 0.3) is 0 Å². The molecule has 0 amide bonds. The molecule has 0 N–H and O–H groups in total. The zero-order valence-electron chi connectivity index (χ0n) is 15.9. The molecule has 1 saturated carbocycles. The molecule has 2 aliphatic rings. The standard InChI is InChI=1S/C20H24F3N5/c1-27(18-6-9-24-19(26-18)15-3-4-15)16-7-10-28(11-8-16)13-14-2-5-17(25-12-14)20(21,22)23/h2,5-6,9,12,15-16H,3-4,7-8,10-11,13H2,1H3. The van der Waals surface area contributed by atoms with Gasteiger partial charge in [0.15, 0.2) is 0 Å². The first-order chi connectivity index (χ1) is 13.4. The number of nitrogens with zero attached hydrogens (tertiary/aromatic N) is 5. The van der Waals surface area contributed by atoms with E-state index in [0.717, 1.165) is 49.2 Å². The highest BCUT2D eigenvalue weighted by atomic mass is 19.4. The van der Waals surface area contributed by atoms with Crippen LogP contribution < -0.4 is 4.90 Å². The Morgan fingerprint density at radius 2 is 1.82 bits per heavy atom. The van der Waals surface area contributed by atoms with Crippen LogP contribution in [-0.4, -0.2) is 46.0 Å². The van der Waals surface area contributed by atoms with E-state index in [4.69, 9.17) is 4.98 Å². The summed E-state index contributed by atoms with van der Waals surface area (Å²) in [5, 5.41) is 0. The number of pyridine rings is 1. The monoisotopic (exact) mass is 391 g/mol. The molecule has 8 heteroatoms. The second-order valence-electron chi connectivity index (χ2n) is 7.71. The van der Waals surface area contributed by atoms with E-state index in [0.29, 0.717) is 18.5 Å². The fourth-order valence-corrected chi connectivity index (χ4v) is 3.69. The van der Waals surface area contributed by atoms with E-state index in [1.54, 1.807) is 0 Å². The molecule has 1 aliphatic heterocycles. The molecule has 28 heavy (non-hydrogen) atoms. The number of alkyl halides is 3. The molecular formula is C20H24F3N5. The third-order valence-electron chi connectivity index (χ3n) is 5.59. The van der Waals surface area contributed by atoms with Crippen LogP contribution in [0.1, 0.15) is 48.7 Å². The Labute approximate surface area is 162 Å². The number of piperidine rings is 1. The molecule has 0 radical (unpaired) electrons. The summed E-state index contributed by atoms with van der Waals surface area (Å²) in [5.74, 6) is 2.46.